The molecule has 1 unspecified atom stereocenters. The Labute approximate surface area is 209 Å². The van der Waals surface area contributed by atoms with Crippen LogP contribution in [-0.4, -0.2) is 34.2 Å². The molecular formula is C26H28Cl2N2O2S. The number of carbonyl (C=O) groups excluding carboxylic acids is 2. The van der Waals surface area contributed by atoms with Crippen molar-refractivity contribution in [1.29, 1.82) is 0 Å². The second-order valence-electron chi connectivity index (χ2n) is 8.10. The van der Waals surface area contributed by atoms with Crippen molar-refractivity contribution in [3.63, 3.8) is 0 Å². The van der Waals surface area contributed by atoms with Crippen LogP contribution in [0, 0.1) is 6.92 Å². The van der Waals surface area contributed by atoms with Crippen LogP contribution in [0.15, 0.2) is 60.7 Å². The summed E-state index contributed by atoms with van der Waals surface area (Å²) >= 11 is 13.9. The SMILES string of the molecule is CCC(C)N(CC(=O)N(Cc1ccccc1)Cc1ccc(C)s1)C(=O)c1cc(Cl)cc(Cl)c1. The lowest BCUT2D eigenvalue weighted by Crippen LogP contribution is -2.46. The molecular weight excluding hydrogens is 475 g/mol. The highest BCUT2D eigenvalue weighted by molar-refractivity contribution is 7.11. The van der Waals surface area contributed by atoms with Crippen molar-refractivity contribution < 1.29 is 9.59 Å². The Morgan fingerprint density at radius 2 is 1.64 bits per heavy atom. The van der Waals surface area contributed by atoms with Crippen LogP contribution in [0.25, 0.3) is 0 Å². The number of halogens is 2. The van der Waals surface area contributed by atoms with Crippen molar-refractivity contribution in [2.24, 2.45) is 0 Å². The van der Waals surface area contributed by atoms with E-state index in [2.05, 4.69) is 19.1 Å². The lowest BCUT2D eigenvalue weighted by atomic mass is 10.1. The molecule has 4 nitrogen and oxygen atoms in total. The minimum Gasteiger partial charge on any atom is -0.332 e. The molecule has 1 atom stereocenters. The summed E-state index contributed by atoms with van der Waals surface area (Å²) in [6.07, 6.45) is 0.718. The summed E-state index contributed by atoms with van der Waals surface area (Å²) in [6, 6.07) is 18.6. The minimum absolute atomic E-state index is 0.0187. The second kappa shape index (κ2) is 11.7. The van der Waals surface area contributed by atoms with Gasteiger partial charge in [0, 0.05) is 37.9 Å². The van der Waals surface area contributed by atoms with Crippen molar-refractivity contribution in [2.75, 3.05) is 6.54 Å². The quantitative estimate of drug-likeness (QED) is 0.321. The van der Waals surface area contributed by atoms with E-state index in [4.69, 9.17) is 23.2 Å². The first kappa shape index (κ1) is 25.3. The van der Waals surface area contributed by atoms with Gasteiger partial charge in [-0.3, -0.25) is 9.59 Å². The molecule has 2 aromatic carbocycles. The normalized spacial score (nSPS) is 11.8. The molecule has 0 aliphatic heterocycles. The Hall–Kier alpha value is -2.34. The lowest BCUT2D eigenvalue weighted by Gasteiger charge is -2.31. The van der Waals surface area contributed by atoms with Crippen LogP contribution >= 0.6 is 34.5 Å². The zero-order valence-corrected chi connectivity index (χ0v) is 21.4. The Morgan fingerprint density at radius 3 is 2.21 bits per heavy atom. The largest absolute Gasteiger partial charge is 0.332 e. The van der Waals surface area contributed by atoms with E-state index >= 15 is 0 Å². The van der Waals surface area contributed by atoms with Gasteiger partial charge in [-0.1, -0.05) is 60.5 Å². The molecule has 0 saturated carbocycles. The lowest BCUT2D eigenvalue weighted by molar-refractivity contribution is -0.133. The van der Waals surface area contributed by atoms with E-state index in [0.29, 0.717) is 28.7 Å². The van der Waals surface area contributed by atoms with Gasteiger partial charge in [0.1, 0.15) is 6.54 Å². The third-order valence-corrected chi connectivity index (χ3v) is 6.93. The number of nitrogens with zero attached hydrogens (tertiary/aromatic N) is 2. The molecule has 0 bridgehead atoms. The van der Waals surface area contributed by atoms with Gasteiger partial charge >= 0.3 is 0 Å². The maximum atomic E-state index is 13.5. The Balaban J connectivity index is 1.85. The molecule has 33 heavy (non-hydrogen) atoms. The van der Waals surface area contributed by atoms with Gasteiger partial charge in [-0.15, -0.1) is 11.3 Å². The predicted molar refractivity (Wildman–Crippen MR) is 137 cm³/mol. The van der Waals surface area contributed by atoms with Gasteiger partial charge in [-0.2, -0.15) is 0 Å². The summed E-state index contributed by atoms with van der Waals surface area (Å²) in [4.78, 5) is 32.6. The third-order valence-electron chi connectivity index (χ3n) is 5.51. The monoisotopic (exact) mass is 502 g/mol. The van der Waals surface area contributed by atoms with E-state index in [1.807, 2.05) is 49.1 Å². The van der Waals surface area contributed by atoms with Crippen molar-refractivity contribution in [2.45, 2.75) is 46.3 Å². The first-order valence-corrected chi connectivity index (χ1v) is 12.5. The van der Waals surface area contributed by atoms with Crippen molar-refractivity contribution in [1.82, 2.24) is 9.80 Å². The Bertz CT molecular complexity index is 1080. The van der Waals surface area contributed by atoms with E-state index in [1.54, 1.807) is 34.4 Å². The summed E-state index contributed by atoms with van der Waals surface area (Å²) in [5, 5.41) is 0.778. The average Bonchev–Trinajstić information content (AvgIpc) is 3.20. The van der Waals surface area contributed by atoms with Crippen LogP contribution in [0.5, 0.6) is 0 Å². The molecule has 1 heterocycles. The fourth-order valence-corrected chi connectivity index (χ4v) is 4.96. The van der Waals surface area contributed by atoms with Crippen molar-refractivity contribution in [3.05, 3.63) is 91.6 Å². The van der Waals surface area contributed by atoms with Gasteiger partial charge in [-0.05, 0) is 56.2 Å². The van der Waals surface area contributed by atoms with E-state index in [0.717, 1.165) is 16.9 Å². The summed E-state index contributed by atoms with van der Waals surface area (Å²) in [7, 11) is 0. The maximum absolute atomic E-state index is 13.5. The van der Waals surface area contributed by atoms with Gasteiger partial charge in [0.25, 0.3) is 5.91 Å². The summed E-state index contributed by atoms with van der Waals surface area (Å²) < 4.78 is 0. The van der Waals surface area contributed by atoms with Gasteiger partial charge in [-0.25, -0.2) is 0 Å². The molecule has 2 amide bonds. The van der Waals surface area contributed by atoms with E-state index in [9.17, 15) is 9.59 Å². The first-order valence-electron chi connectivity index (χ1n) is 10.9. The smallest absolute Gasteiger partial charge is 0.254 e. The highest BCUT2D eigenvalue weighted by Crippen LogP contribution is 2.23. The zero-order chi connectivity index (χ0) is 24.0. The summed E-state index contributed by atoms with van der Waals surface area (Å²) in [5.41, 5.74) is 1.42. The maximum Gasteiger partial charge on any atom is 0.254 e. The molecule has 174 valence electrons. The molecule has 0 N–H and O–H groups in total. The molecule has 1 aromatic heterocycles. The summed E-state index contributed by atoms with van der Waals surface area (Å²) in [5.74, 6) is -0.361. The molecule has 3 aromatic rings. The fourth-order valence-electron chi connectivity index (χ4n) is 3.53. The van der Waals surface area contributed by atoms with Crippen LogP contribution in [0.4, 0.5) is 0 Å². The Morgan fingerprint density at radius 1 is 0.970 bits per heavy atom. The van der Waals surface area contributed by atoms with Crippen LogP contribution < -0.4 is 0 Å². The number of amides is 2. The molecule has 0 aliphatic rings. The number of aryl methyl sites for hydroxylation is 1. The number of rotatable bonds is 9. The Kier molecular flexibility index (Phi) is 8.95. The standard InChI is InChI=1S/C26H28Cl2N2O2S/c1-4-18(2)30(26(32)21-12-22(27)14-23(28)13-21)17-25(31)29(15-20-8-6-5-7-9-20)16-24-11-10-19(3)33-24/h5-14,18H,4,15-17H2,1-3H3. The van der Waals surface area contributed by atoms with Crippen molar-refractivity contribution in [3.8, 4) is 0 Å². The van der Waals surface area contributed by atoms with Gasteiger partial charge in [0.05, 0.1) is 6.54 Å². The third kappa shape index (κ3) is 7.07. The van der Waals surface area contributed by atoms with Crippen LogP contribution in [0.2, 0.25) is 10.0 Å². The molecule has 7 heteroatoms. The number of hydrogen-bond donors (Lipinski definition) is 0. The van der Waals surface area contributed by atoms with E-state index in [-0.39, 0.29) is 24.4 Å². The summed E-state index contributed by atoms with van der Waals surface area (Å²) in [6.45, 7) is 6.95. The number of hydrogen-bond acceptors (Lipinski definition) is 3. The highest BCUT2D eigenvalue weighted by Gasteiger charge is 2.26. The van der Waals surface area contributed by atoms with Gasteiger partial charge in [0.15, 0.2) is 0 Å². The first-order chi connectivity index (χ1) is 15.8. The van der Waals surface area contributed by atoms with Gasteiger partial charge < -0.3 is 9.80 Å². The van der Waals surface area contributed by atoms with E-state index in [1.165, 1.54) is 4.88 Å². The van der Waals surface area contributed by atoms with Crippen LogP contribution in [0.1, 0.15) is 45.9 Å². The molecule has 0 radical (unpaired) electrons. The molecule has 0 spiro atoms. The molecule has 3 rings (SSSR count). The highest BCUT2D eigenvalue weighted by atomic mass is 35.5. The van der Waals surface area contributed by atoms with Crippen LogP contribution in [-0.2, 0) is 17.9 Å². The van der Waals surface area contributed by atoms with Crippen molar-refractivity contribution >= 4 is 46.4 Å². The second-order valence-corrected chi connectivity index (χ2v) is 10.3. The minimum atomic E-state index is -0.256. The number of thiophene rings is 1. The molecule has 0 saturated heterocycles. The van der Waals surface area contributed by atoms with Gasteiger partial charge in [0.2, 0.25) is 5.91 Å². The zero-order valence-electron chi connectivity index (χ0n) is 19.1. The average molecular weight is 503 g/mol. The molecule has 0 fully saturated rings. The predicted octanol–water partition coefficient (Wildman–Crippen LogP) is 6.83. The topological polar surface area (TPSA) is 40.6 Å². The number of carbonyl (C=O) groups is 2. The molecule has 0 aliphatic carbocycles. The van der Waals surface area contributed by atoms with Crippen LogP contribution in [0.3, 0.4) is 0 Å². The number of benzene rings is 2. The van der Waals surface area contributed by atoms with E-state index < -0.39 is 0 Å². The fraction of sp³-hybridized carbons (Fsp3) is 0.308.